The molecule has 0 bridgehead atoms. The van der Waals surface area contributed by atoms with Gasteiger partial charge in [-0.1, -0.05) is 17.8 Å². The fourth-order valence-corrected chi connectivity index (χ4v) is 9.31. The third kappa shape index (κ3) is 5.83. The lowest BCUT2D eigenvalue weighted by molar-refractivity contribution is -0.150. The second kappa shape index (κ2) is 12.0. The maximum absolute atomic E-state index is 12.9. The van der Waals surface area contributed by atoms with Crippen LogP contribution in [0.15, 0.2) is 73.5 Å². The average molecular weight is 626 g/mol. The van der Waals surface area contributed by atoms with Gasteiger partial charge in [-0.3, -0.25) is 19.3 Å². The number of piperidine rings is 1. The minimum atomic E-state index is -1.18. The molecule has 2 fully saturated rings. The van der Waals surface area contributed by atoms with Crippen LogP contribution in [0.25, 0.3) is 10.1 Å². The van der Waals surface area contributed by atoms with Gasteiger partial charge in [0.25, 0.3) is 5.91 Å². The zero-order chi connectivity index (χ0) is 28.5. The number of carbonyl (C=O) groups is 3. The summed E-state index contributed by atoms with van der Waals surface area (Å²) in [5.74, 6) is -1.48. The number of thiophene rings is 1. The molecule has 5 heterocycles. The quantitative estimate of drug-likeness (QED) is 0.269. The molecule has 0 radical (unpaired) electrons. The van der Waals surface area contributed by atoms with Crippen LogP contribution in [0, 0.1) is 0 Å². The first kappa shape index (κ1) is 28.1. The van der Waals surface area contributed by atoms with E-state index in [9.17, 15) is 24.3 Å². The average Bonchev–Trinajstić information content (AvgIpc) is 3.48. The van der Waals surface area contributed by atoms with Gasteiger partial charge >= 0.3 is 5.97 Å². The summed E-state index contributed by atoms with van der Waals surface area (Å²) in [6, 6.07) is 10.6. The predicted octanol–water partition coefficient (Wildman–Crippen LogP) is 4.90. The van der Waals surface area contributed by atoms with Crippen LogP contribution < -0.4 is 15.6 Å². The molecule has 8 nitrogen and oxygen atoms in total. The number of nitrogens with zero attached hydrogens (tertiary/aromatic N) is 2. The maximum atomic E-state index is 12.9. The molecule has 41 heavy (non-hydrogen) atoms. The van der Waals surface area contributed by atoms with Crippen molar-refractivity contribution in [2.45, 2.75) is 41.3 Å². The Bertz CT molecular complexity index is 1620. The molecule has 0 spiro atoms. The second-order valence-electron chi connectivity index (χ2n) is 9.97. The molecular formula is C29H27N3O5S4. The zero-order valence-corrected chi connectivity index (χ0v) is 25.2. The van der Waals surface area contributed by atoms with E-state index in [-0.39, 0.29) is 23.5 Å². The van der Waals surface area contributed by atoms with Crippen LogP contribution in [-0.2, 0) is 20.8 Å². The van der Waals surface area contributed by atoms with Crippen LogP contribution in [0.1, 0.15) is 24.1 Å². The number of β-lactam (4-membered cyclic amide) rings is 1. The fourth-order valence-electron chi connectivity index (χ4n) is 5.28. The molecule has 1 unspecified atom stereocenters. The standard InChI is InChI=1S/C29H27N3O5S4/c33-21-15-24(41-22-13-18(6-7-20(21)22)31-9-2-1-3-10-31)39-12-8-17-16-40-28-25(27(35)32(28)26(17)29(36)37)30-23(34)14-19-5-4-11-38-19/h4-8,11-13,15,25,28H,1-3,9-10,14,16H2,(H,30,34)(H,36,37)/t25?,28-/m1/s1. The van der Waals surface area contributed by atoms with Gasteiger partial charge in [0, 0.05) is 45.6 Å². The van der Waals surface area contributed by atoms with E-state index in [1.807, 2.05) is 29.6 Å². The van der Waals surface area contributed by atoms with Crippen LogP contribution in [-0.4, -0.2) is 58.0 Å². The van der Waals surface area contributed by atoms with Gasteiger partial charge < -0.3 is 15.3 Å². The molecule has 2 aromatic heterocycles. The van der Waals surface area contributed by atoms with Crippen molar-refractivity contribution in [2.24, 2.45) is 0 Å². The minimum absolute atomic E-state index is 0.0420. The summed E-state index contributed by atoms with van der Waals surface area (Å²) < 4.78 is 1.73. The third-order valence-electron chi connectivity index (χ3n) is 7.30. The molecule has 1 aromatic carbocycles. The van der Waals surface area contributed by atoms with Crippen LogP contribution in [0.3, 0.4) is 0 Å². The molecule has 12 heteroatoms. The van der Waals surface area contributed by atoms with Crippen molar-refractivity contribution < 1.29 is 19.5 Å². The van der Waals surface area contributed by atoms with Gasteiger partial charge in [0.15, 0.2) is 5.43 Å². The summed E-state index contributed by atoms with van der Waals surface area (Å²) in [5.41, 5.74) is 1.55. The number of thioether (sulfide) groups is 2. The first-order valence-corrected chi connectivity index (χ1v) is 16.9. The number of hydrogen-bond donors (Lipinski definition) is 2. The maximum Gasteiger partial charge on any atom is 0.352 e. The number of carboxylic acid groups (broad SMARTS) is 1. The number of allylic oxidation sites excluding steroid dienone is 1. The highest BCUT2D eigenvalue weighted by molar-refractivity contribution is 8.04. The molecule has 2 amide bonds. The molecule has 2 saturated heterocycles. The van der Waals surface area contributed by atoms with Crippen LogP contribution in [0.2, 0.25) is 0 Å². The first-order chi connectivity index (χ1) is 19.9. The Labute approximate surface area is 253 Å². The summed E-state index contributed by atoms with van der Waals surface area (Å²) in [6.07, 6.45) is 5.50. The molecule has 0 saturated carbocycles. The van der Waals surface area contributed by atoms with Crippen molar-refractivity contribution in [3.05, 3.63) is 79.6 Å². The molecular weight excluding hydrogens is 599 g/mol. The number of nitrogens with one attached hydrogen (secondary N) is 1. The summed E-state index contributed by atoms with van der Waals surface area (Å²) in [4.78, 5) is 54.9. The number of carboxylic acids is 1. The first-order valence-electron chi connectivity index (χ1n) is 13.3. The number of fused-ring (bicyclic) bond motifs is 2. The molecule has 2 N–H and O–H groups in total. The van der Waals surface area contributed by atoms with E-state index in [0.29, 0.717) is 16.7 Å². The molecule has 6 rings (SSSR count). The van der Waals surface area contributed by atoms with E-state index in [4.69, 9.17) is 0 Å². The Kier molecular flexibility index (Phi) is 8.25. The predicted molar refractivity (Wildman–Crippen MR) is 167 cm³/mol. The molecule has 3 aromatic rings. The fraction of sp³-hybridized carbons (Fsp3) is 0.310. The van der Waals surface area contributed by atoms with E-state index in [1.165, 1.54) is 70.4 Å². The number of aliphatic carboxylic acids is 1. The van der Waals surface area contributed by atoms with Gasteiger partial charge in [0.1, 0.15) is 17.1 Å². The SMILES string of the molecule is O=C(Cc1cccs1)NC1C(=O)N2C(C(=O)O)=C(C=CSc3cc(=O)c4ccc(N5CCCCC5)cc4s3)CS[C@H]12. The number of hydrogen-bond acceptors (Lipinski definition) is 9. The summed E-state index contributed by atoms with van der Waals surface area (Å²) >= 11 is 5.79. The smallest absolute Gasteiger partial charge is 0.352 e. The highest BCUT2D eigenvalue weighted by Crippen LogP contribution is 2.41. The highest BCUT2D eigenvalue weighted by Gasteiger charge is 2.53. The van der Waals surface area contributed by atoms with Crippen molar-refractivity contribution in [2.75, 3.05) is 23.7 Å². The van der Waals surface area contributed by atoms with Gasteiger partial charge in [0.2, 0.25) is 5.91 Å². The minimum Gasteiger partial charge on any atom is -0.477 e. The van der Waals surface area contributed by atoms with Gasteiger partial charge in [0.05, 0.1) is 10.6 Å². The molecule has 0 aliphatic carbocycles. The highest BCUT2D eigenvalue weighted by atomic mass is 32.2. The number of carbonyl (C=O) groups excluding carboxylic acids is 2. The van der Waals surface area contributed by atoms with Crippen molar-refractivity contribution in [1.29, 1.82) is 0 Å². The monoisotopic (exact) mass is 625 g/mol. The van der Waals surface area contributed by atoms with Crippen LogP contribution in [0.5, 0.6) is 0 Å². The Morgan fingerprint density at radius 3 is 2.71 bits per heavy atom. The van der Waals surface area contributed by atoms with Crippen LogP contribution >= 0.6 is 46.2 Å². The number of anilines is 1. The van der Waals surface area contributed by atoms with E-state index >= 15 is 0 Å². The Hall–Kier alpha value is -3.06. The Morgan fingerprint density at radius 1 is 1.12 bits per heavy atom. The zero-order valence-electron chi connectivity index (χ0n) is 21.9. The van der Waals surface area contributed by atoms with Crippen LogP contribution in [0.4, 0.5) is 5.69 Å². The summed E-state index contributed by atoms with van der Waals surface area (Å²) in [6.45, 7) is 2.05. The van der Waals surface area contributed by atoms with E-state index in [1.54, 1.807) is 17.6 Å². The lowest BCUT2D eigenvalue weighted by Crippen LogP contribution is -2.70. The molecule has 3 aliphatic rings. The largest absolute Gasteiger partial charge is 0.477 e. The van der Waals surface area contributed by atoms with Crippen molar-refractivity contribution >= 4 is 79.8 Å². The lowest BCUT2D eigenvalue weighted by Gasteiger charge is -2.49. The van der Waals surface area contributed by atoms with Gasteiger partial charge in [-0.05, 0) is 66.0 Å². The van der Waals surface area contributed by atoms with E-state index < -0.39 is 23.3 Å². The van der Waals surface area contributed by atoms with Crippen molar-refractivity contribution in [3.8, 4) is 0 Å². The van der Waals surface area contributed by atoms with Crippen molar-refractivity contribution in [3.63, 3.8) is 0 Å². The van der Waals surface area contributed by atoms with E-state index in [0.717, 1.165) is 32.6 Å². The number of rotatable bonds is 8. The molecule has 212 valence electrons. The Morgan fingerprint density at radius 2 is 1.95 bits per heavy atom. The normalized spacial score (nSPS) is 20.8. The van der Waals surface area contributed by atoms with Gasteiger partial charge in [-0.15, -0.1) is 34.4 Å². The second-order valence-corrected chi connectivity index (χ2v) is 14.4. The van der Waals surface area contributed by atoms with Crippen molar-refractivity contribution in [1.82, 2.24) is 10.2 Å². The summed E-state index contributed by atoms with van der Waals surface area (Å²) in [5, 5.41) is 16.6. The lowest BCUT2D eigenvalue weighted by atomic mass is 10.0. The Balaban J connectivity index is 1.16. The third-order valence-corrected chi connectivity index (χ3v) is 11.5. The number of benzene rings is 1. The molecule has 3 aliphatic heterocycles. The summed E-state index contributed by atoms with van der Waals surface area (Å²) in [7, 11) is 0. The topological polar surface area (TPSA) is 107 Å². The van der Waals surface area contributed by atoms with E-state index in [2.05, 4.69) is 16.3 Å². The number of amides is 2. The van der Waals surface area contributed by atoms with Gasteiger partial charge in [-0.25, -0.2) is 4.79 Å². The van der Waals surface area contributed by atoms with Gasteiger partial charge in [-0.2, -0.15) is 0 Å². The molecule has 2 atom stereocenters.